The lowest BCUT2D eigenvalue weighted by molar-refractivity contribution is 0.112. The topological polar surface area (TPSA) is 12.5 Å². The van der Waals surface area contributed by atoms with Crippen LogP contribution >= 0.6 is 0 Å². The van der Waals surface area contributed by atoms with Crippen molar-refractivity contribution in [2.75, 3.05) is 13.7 Å². The monoisotopic (exact) mass is 255 g/mol. The van der Waals surface area contributed by atoms with Crippen molar-refractivity contribution < 1.29 is 4.74 Å². The van der Waals surface area contributed by atoms with Crippen molar-refractivity contribution in [3.63, 3.8) is 0 Å². The molecular weight excluding hydrogens is 234 g/mol. The number of nitrogens with zero attached hydrogens (tertiary/aromatic N) is 1. The molecule has 19 heavy (non-hydrogen) atoms. The van der Waals surface area contributed by atoms with E-state index in [1.165, 1.54) is 42.5 Å². The molecule has 2 aliphatic heterocycles. The molecule has 0 N–H and O–H groups in total. The molecule has 2 nitrogen and oxygen atoms in total. The first-order valence-electron chi connectivity index (χ1n) is 7.45. The average molecular weight is 255 g/mol. The molecule has 3 aliphatic rings. The smallest absolute Gasteiger partial charge is 0.0652 e. The van der Waals surface area contributed by atoms with Gasteiger partial charge in [0.25, 0.3) is 0 Å². The van der Waals surface area contributed by atoms with Crippen LogP contribution in [-0.4, -0.2) is 24.7 Å². The highest BCUT2D eigenvalue weighted by Gasteiger charge is 2.32. The summed E-state index contributed by atoms with van der Waals surface area (Å²) in [6, 6.07) is 7.76. The van der Waals surface area contributed by atoms with Gasteiger partial charge in [0, 0.05) is 19.4 Å². The maximum Gasteiger partial charge on any atom is 0.0652 e. The van der Waals surface area contributed by atoms with Gasteiger partial charge in [0.2, 0.25) is 0 Å². The second-order valence-electron chi connectivity index (χ2n) is 6.03. The Bertz CT molecular complexity index is 534. The van der Waals surface area contributed by atoms with Crippen molar-refractivity contribution in [2.45, 2.75) is 44.2 Å². The predicted octanol–water partition coefficient (Wildman–Crippen LogP) is 3.22. The summed E-state index contributed by atoms with van der Waals surface area (Å²) in [6.07, 6.45) is 8.80. The molecular formula is C17H21NO. The molecule has 1 saturated heterocycles. The van der Waals surface area contributed by atoms with Gasteiger partial charge in [0.1, 0.15) is 0 Å². The van der Waals surface area contributed by atoms with Crippen LogP contribution in [0.25, 0.3) is 0 Å². The molecule has 2 unspecified atom stereocenters. The van der Waals surface area contributed by atoms with E-state index in [0.29, 0.717) is 12.1 Å². The van der Waals surface area contributed by atoms with Crippen molar-refractivity contribution in [3.8, 4) is 0 Å². The first-order chi connectivity index (χ1) is 9.35. The third-order valence-corrected chi connectivity index (χ3v) is 5.01. The first-order valence-corrected chi connectivity index (χ1v) is 7.45. The molecule has 0 amide bonds. The van der Waals surface area contributed by atoms with Crippen LogP contribution in [0.2, 0.25) is 0 Å². The third kappa shape index (κ3) is 1.81. The zero-order valence-corrected chi connectivity index (χ0v) is 11.6. The molecule has 0 radical (unpaired) electrons. The van der Waals surface area contributed by atoms with Crippen LogP contribution < -0.4 is 0 Å². The van der Waals surface area contributed by atoms with Crippen LogP contribution in [0, 0.1) is 0 Å². The van der Waals surface area contributed by atoms with Gasteiger partial charge >= 0.3 is 0 Å². The zero-order valence-electron chi connectivity index (χ0n) is 11.6. The van der Waals surface area contributed by atoms with Crippen LogP contribution in [-0.2, 0) is 17.6 Å². The Labute approximate surface area is 115 Å². The lowest BCUT2D eigenvalue weighted by Gasteiger charge is -2.25. The molecule has 0 aromatic heterocycles. The van der Waals surface area contributed by atoms with Crippen LogP contribution in [0.15, 0.2) is 30.0 Å². The molecule has 1 aliphatic carbocycles. The van der Waals surface area contributed by atoms with Gasteiger partial charge in [-0.05, 0) is 48.8 Å². The summed E-state index contributed by atoms with van der Waals surface area (Å²) < 4.78 is 5.51. The number of hydrogen-bond donors (Lipinski definition) is 0. The van der Waals surface area contributed by atoms with E-state index in [9.17, 15) is 0 Å². The molecule has 2 atom stereocenters. The normalized spacial score (nSPS) is 28.5. The molecule has 2 heteroatoms. The Morgan fingerprint density at radius 3 is 3.00 bits per heavy atom. The van der Waals surface area contributed by atoms with Crippen molar-refractivity contribution >= 4 is 0 Å². The van der Waals surface area contributed by atoms with Gasteiger partial charge in [0.05, 0.1) is 12.1 Å². The van der Waals surface area contributed by atoms with E-state index in [2.05, 4.69) is 29.2 Å². The minimum atomic E-state index is 0.399. The van der Waals surface area contributed by atoms with Gasteiger partial charge in [-0.2, -0.15) is 0 Å². The predicted molar refractivity (Wildman–Crippen MR) is 76.0 cm³/mol. The number of ether oxygens (including phenoxy) is 1. The van der Waals surface area contributed by atoms with Crippen LogP contribution in [0.5, 0.6) is 0 Å². The Hall–Kier alpha value is -1.28. The van der Waals surface area contributed by atoms with Crippen molar-refractivity contribution in [1.82, 2.24) is 4.90 Å². The van der Waals surface area contributed by atoms with Gasteiger partial charge in [-0.1, -0.05) is 24.3 Å². The van der Waals surface area contributed by atoms with Crippen molar-refractivity contribution in [2.24, 2.45) is 0 Å². The van der Waals surface area contributed by atoms with E-state index in [0.717, 1.165) is 12.8 Å². The average Bonchev–Trinajstić information content (AvgIpc) is 3.11. The van der Waals surface area contributed by atoms with E-state index in [4.69, 9.17) is 4.74 Å². The SMILES string of the molecule is COC1Cc2ccc(C3CCC4=CCCN43)cc2C1. The Kier molecular flexibility index (Phi) is 2.66. The number of methoxy groups -OCH3 is 1. The number of allylic oxidation sites excluding steroid dienone is 1. The first kappa shape index (κ1) is 11.5. The van der Waals surface area contributed by atoms with E-state index in [-0.39, 0.29) is 0 Å². The van der Waals surface area contributed by atoms with E-state index in [1.807, 2.05) is 7.11 Å². The molecule has 100 valence electrons. The second kappa shape index (κ2) is 4.38. The van der Waals surface area contributed by atoms with Gasteiger partial charge in [-0.3, -0.25) is 0 Å². The Morgan fingerprint density at radius 1 is 1.21 bits per heavy atom. The number of hydrogen-bond acceptors (Lipinski definition) is 2. The minimum absolute atomic E-state index is 0.399. The maximum absolute atomic E-state index is 5.51. The molecule has 0 bridgehead atoms. The Morgan fingerprint density at radius 2 is 2.11 bits per heavy atom. The maximum atomic E-state index is 5.51. The standard InChI is InChI=1S/C17H21NO/c1-19-16-10-12-4-5-13(9-14(12)11-16)17-7-6-15-3-2-8-18(15)17/h3-5,9,16-17H,2,6-8,10-11H2,1H3. The summed E-state index contributed by atoms with van der Waals surface area (Å²) in [4.78, 5) is 2.62. The van der Waals surface area contributed by atoms with E-state index < -0.39 is 0 Å². The van der Waals surface area contributed by atoms with Gasteiger partial charge in [-0.15, -0.1) is 0 Å². The highest BCUT2D eigenvalue weighted by molar-refractivity contribution is 5.39. The van der Waals surface area contributed by atoms with E-state index >= 15 is 0 Å². The fraction of sp³-hybridized carbons (Fsp3) is 0.529. The number of fused-ring (bicyclic) bond motifs is 2. The summed E-state index contributed by atoms with van der Waals surface area (Å²) in [6.45, 7) is 1.22. The summed E-state index contributed by atoms with van der Waals surface area (Å²) in [7, 11) is 1.83. The quantitative estimate of drug-likeness (QED) is 0.804. The molecule has 1 aromatic rings. The molecule has 4 rings (SSSR count). The number of rotatable bonds is 2. The van der Waals surface area contributed by atoms with Crippen LogP contribution in [0.3, 0.4) is 0 Å². The largest absolute Gasteiger partial charge is 0.381 e. The third-order valence-electron chi connectivity index (χ3n) is 5.01. The van der Waals surface area contributed by atoms with Gasteiger partial charge in [0.15, 0.2) is 0 Å². The highest BCUT2D eigenvalue weighted by Crippen LogP contribution is 2.42. The van der Waals surface area contributed by atoms with Gasteiger partial charge in [-0.25, -0.2) is 0 Å². The Balaban J connectivity index is 1.62. The van der Waals surface area contributed by atoms with E-state index in [1.54, 1.807) is 5.70 Å². The van der Waals surface area contributed by atoms with Crippen LogP contribution in [0.1, 0.15) is 42.0 Å². The zero-order chi connectivity index (χ0) is 12.8. The lowest BCUT2D eigenvalue weighted by atomic mass is 9.99. The molecule has 1 fully saturated rings. The minimum Gasteiger partial charge on any atom is -0.381 e. The van der Waals surface area contributed by atoms with Crippen LogP contribution in [0.4, 0.5) is 0 Å². The molecule has 0 saturated carbocycles. The van der Waals surface area contributed by atoms with Crippen molar-refractivity contribution in [3.05, 3.63) is 46.7 Å². The second-order valence-corrected chi connectivity index (χ2v) is 6.03. The highest BCUT2D eigenvalue weighted by atomic mass is 16.5. The fourth-order valence-electron chi connectivity index (χ4n) is 3.99. The molecule has 2 heterocycles. The summed E-state index contributed by atoms with van der Waals surface area (Å²) in [5.41, 5.74) is 6.10. The summed E-state index contributed by atoms with van der Waals surface area (Å²) >= 11 is 0. The number of benzene rings is 1. The lowest BCUT2D eigenvalue weighted by Crippen LogP contribution is -2.19. The van der Waals surface area contributed by atoms with Gasteiger partial charge < -0.3 is 9.64 Å². The summed E-state index contributed by atoms with van der Waals surface area (Å²) in [5, 5.41) is 0. The fourth-order valence-corrected chi connectivity index (χ4v) is 3.99. The van der Waals surface area contributed by atoms with Crippen molar-refractivity contribution in [1.29, 1.82) is 0 Å². The molecule has 0 spiro atoms. The summed E-state index contributed by atoms with van der Waals surface area (Å²) in [5.74, 6) is 0. The molecule has 1 aromatic carbocycles.